The van der Waals surface area contributed by atoms with Gasteiger partial charge in [-0.25, -0.2) is 8.78 Å². The lowest BCUT2D eigenvalue weighted by molar-refractivity contribution is 0.203. The zero-order valence-corrected chi connectivity index (χ0v) is 16.6. The summed E-state index contributed by atoms with van der Waals surface area (Å²) in [6.45, 7) is 0. The normalized spacial score (nSPS) is 34.3. The molecule has 4 unspecified atom stereocenters. The number of halogens is 2. The molecule has 0 bridgehead atoms. The fraction of sp³-hybridized carbons (Fsp3) is 0.500. The zero-order chi connectivity index (χ0) is 18.7. The topological polar surface area (TPSA) is 0 Å². The first-order chi connectivity index (χ1) is 13.1. The van der Waals surface area contributed by atoms with Crippen LogP contribution in [0.3, 0.4) is 0 Å². The molecule has 4 rings (SSSR count). The molecule has 3 heteroatoms. The Morgan fingerprint density at radius 3 is 1.44 bits per heavy atom. The van der Waals surface area contributed by atoms with Crippen LogP contribution in [0.15, 0.2) is 60.7 Å². The van der Waals surface area contributed by atoms with E-state index in [1.54, 1.807) is 0 Å². The zero-order valence-electron chi connectivity index (χ0n) is 15.7. The van der Waals surface area contributed by atoms with E-state index in [0.29, 0.717) is 25.7 Å². The van der Waals surface area contributed by atoms with Gasteiger partial charge < -0.3 is 0 Å². The van der Waals surface area contributed by atoms with Gasteiger partial charge in [-0.1, -0.05) is 60.7 Å². The standard InChI is InChI=1S/C24H28F2S/c25-21-13-7-15-23(17-21,19-9-3-1-4-10-19)27-24(16-8-14-22(26)18-24)20-11-5-2-6-12-20/h1-6,9-12,21-22H,7-8,13-18H2. The monoisotopic (exact) mass is 386 g/mol. The third-order valence-electron chi connectivity index (χ3n) is 6.29. The first-order valence-corrected chi connectivity index (χ1v) is 11.0. The van der Waals surface area contributed by atoms with Crippen molar-refractivity contribution in [2.24, 2.45) is 0 Å². The van der Waals surface area contributed by atoms with Crippen LogP contribution >= 0.6 is 11.8 Å². The van der Waals surface area contributed by atoms with Gasteiger partial charge in [0.15, 0.2) is 0 Å². The van der Waals surface area contributed by atoms with Crippen LogP contribution < -0.4 is 0 Å². The molecule has 0 amide bonds. The van der Waals surface area contributed by atoms with Crippen LogP contribution in [0.5, 0.6) is 0 Å². The molecular weight excluding hydrogens is 358 g/mol. The van der Waals surface area contributed by atoms with Crippen molar-refractivity contribution in [1.82, 2.24) is 0 Å². The quantitative estimate of drug-likeness (QED) is 0.530. The summed E-state index contributed by atoms with van der Waals surface area (Å²) >= 11 is 1.87. The largest absolute Gasteiger partial charge is 0.247 e. The van der Waals surface area contributed by atoms with Crippen molar-refractivity contribution < 1.29 is 8.78 Å². The van der Waals surface area contributed by atoms with Crippen molar-refractivity contribution in [1.29, 1.82) is 0 Å². The molecule has 0 spiro atoms. The molecule has 0 N–H and O–H groups in total. The minimum Gasteiger partial charge on any atom is -0.247 e. The van der Waals surface area contributed by atoms with Gasteiger partial charge in [-0.2, -0.15) is 0 Å². The van der Waals surface area contributed by atoms with E-state index < -0.39 is 12.3 Å². The molecule has 144 valence electrons. The van der Waals surface area contributed by atoms with Crippen LogP contribution in [-0.2, 0) is 9.49 Å². The number of rotatable bonds is 4. The van der Waals surface area contributed by atoms with Crippen molar-refractivity contribution in [2.45, 2.75) is 73.2 Å². The third-order valence-corrected chi connectivity index (χ3v) is 8.28. The summed E-state index contributed by atoms with van der Waals surface area (Å²) in [4.78, 5) is 0. The number of alkyl halides is 2. The van der Waals surface area contributed by atoms with Gasteiger partial charge in [0.2, 0.25) is 0 Å². The van der Waals surface area contributed by atoms with Gasteiger partial charge in [-0.3, -0.25) is 0 Å². The van der Waals surface area contributed by atoms with E-state index in [1.807, 2.05) is 48.2 Å². The molecule has 2 fully saturated rings. The lowest BCUT2D eigenvalue weighted by Gasteiger charge is -2.48. The van der Waals surface area contributed by atoms with Gasteiger partial charge in [0, 0.05) is 9.49 Å². The molecule has 27 heavy (non-hydrogen) atoms. The Morgan fingerprint density at radius 1 is 0.667 bits per heavy atom. The van der Waals surface area contributed by atoms with E-state index in [0.717, 1.165) is 25.7 Å². The molecule has 0 radical (unpaired) electrons. The average Bonchev–Trinajstić information content (AvgIpc) is 2.69. The molecule has 0 heterocycles. The van der Waals surface area contributed by atoms with E-state index in [2.05, 4.69) is 24.3 Å². The molecule has 2 aliphatic rings. The summed E-state index contributed by atoms with van der Waals surface area (Å²) in [5.41, 5.74) is 2.40. The Kier molecular flexibility index (Phi) is 5.59. The van der Waals surface area contributed by atoms with Gasteiger partial charge in [0.05, 0.1) is 0 Å². The van der Waals surface area contributed by atoms with Crippen molar-refractivity contribution in [2.75, 3.05) is 0 Å². The van der Waals surface area contributed by atoms with Crippen LogP contribution in [0.2, 0.25) is 0 Å². The summed E-state index contributed by atoms with van der Waals surface area (Å²) in [5.74, 6) is 0. The van der Waals surface area contributed by atoms with Crippen molar-refractivity contribution in [3.63, 3.8) is 0 Å². The van der Waals surface area contributed by atoms with Crippen molar-refractivity contribution in [3.8, 4) is 0 Å². The molecule has 0 nitrogen and oxygen atoms in total. The molecule has 0 aliphatic heterocycles. The Bertz CT molecular complexity index is 671. The van der Waals surface area contributed by atoms with Crippen LogP contribution in [0.1, 0.15) is 62.5 Å². The van der Waals surface area contributed by atoms with E-state index >= 15 is 0 Å². The van der Waals surface area contributed by atoms with Crippen LogP contribution in [0, 0.1) is 0 Å². The van der Waals surface area contributed by atoms with Gasteiger partial charge in [0.25, 0.3) is 0 Å². The second kappa shape index (κ2) is 7.95. The van der Waals surface area contributed by atoms with Gasteiger partial charge in [-0.15, -0.1) is 11.8 Å². The lowest BCUT2D eigenvalue weighted by atomic mass is 9.81. The second-order valence-corrected chi connectivity index (χ2v) is 9.98. The molecule has 0 aromatic heterocycles. The minimum atomic E-state index is -0.774. The van der Waals surface area contributed by atoms with E-state index in [4.69, 9.17) is 0 Å². The minimum absolute atomic E-state index is 0.272. The van der Waals surface area contributed by atoms with E-state index in [-0.39, 0.29) is 9.49 Å². The molecule has 2 aromatic rings. The highest BCUT2D eigenvalue weighted by molar-refractivity contribution is 8.01. The van der Waals surface area contributed by atoms with E-state index in [9.17, 15) is 8.78 Å². The SMILES string of the molecule is FC1CCCC(SC2(c3ccccc3)CCCC(F)C2)(c2ccccc2)C1. The van der Waals surface area contributed by atoms with Gasteiger partial charge in [0.1, 0.15) is 12.3 Å². The average molecular weight is 387 g/mol. The first kappa shape index (κ1) is 19.0. The highest BCUT2D eigenvalue weighted by Crippen LogP contribution is 2.60. The maximum atomic E-state index is 14.6. The predicted molar refractivity (Wildman–Crippen MR) is 111 cm³/mol. The summed E-state index contributed by atoms with van der Waals surface area (Å²) < 4.78 is 28.7. The van der Waals surface area contributed by atoms with Crippen LogP contribution in [0.4, 0.5) is 8.78 Å². The third kappa shape index (κ3) is 3.94. The van der Waals surface area contributed by atoms with Gasteiger partial charge in [-0.05, 0) is 62.5 Å². The summed E-state index contributed by atoms with van der Waals surface area (Å²) in [5, 5.41) is 0. The Hall–Kier alpha value is -1.35. The molecular formula is C24H28F2S. The molecule has 0 saturated heterocycles. The molecule has 2 aromatic carbocycles. The highest BCUT2D eigenvalue weighted by Gasteiger charge is 2.48. The number of hydrogen-bond acceptors (Lipinski definition) is 1. The smallest absolute Gasteiger partial charge is 0.102 e. The van der Waals surface area contributed by atoms with Gasteiger partial charge >= 0.3 is 0 Å². The molecule has 2 saturated carbocycles. The number of hydrogen-bond donors (Lipinski definition) is 0. The maximum Gasteiger partial charge on any atom is 0.102 e. The summed E-state index contributed by atoms with van der Waals surface area (Å²) in [7, 11) is 0. The predicted octanol–water partition coefficient (Wildman–Crippen LogP) is 7.33. The Morgan fingerprint density at radius 2 is 1.07 bits per heavy atom. The fourth-order valence-electron chi connectivity index (χ4n) is 5.03. The summed E-state index contributed by atoms with van der Waals surface area (Å²) in [6.07, 6.45) is 4.55. The summed E-state index contributed by atoms with van der Waals surface area (Å²) in [6, 6.07) is 20.8. The second-order valence-electron chi connectivity index (χ2n) is 8.21. The van der Waals surface area contributed by atoms with Crippen LogP contribution in [0.25, 0.3) is 0 Å². The van der Waals surface area contributed by atoms with E-state index in [1.165, 1.54) is 11.1 Å². The number of thioether (sulfide) groups is 1. The van der Waals surface area contributed by atoms with Crippen LogP contribution in [-0.4, -0.2) is 12.3 Å². The Balaban J connectivity index is 1.77. The maximum absolute atomic E-state index is 14.6. The molecule has 2 aliphatic carbocycles. The fourth-order valence-corrected chi connectivity index (χ4v) is 7.30. The van der Waals surface area contributed by atoms with Crippen molar-refractivity contribution in [3.05, 3.63) is 71.8 Å². The molecule has 4 atom stereocenters. The van der Waals surface area contributed by atoms with Crippen molar-refractivity contribution >= 4 is 11.8 Å². The lowest BCUT2D eigenvalue weighted by Crippen LogP contribution is -2.39. The highest BCUT2D eigenvalue weighted by atomic mass is 32.2. The first-order valence-electron chi connectivity index (χ1n) is 10.2. The Labute approximate surface area is 165 Å². The number of benzene rings is 2.